The highest BCUT2D eigenvalue weighted by Gasteiger charge is 2.31. The molecular weight excluding hydrogens is 208 g/mol. The fourth-order valence-corrected chi connectivity index (χ4v) is 3.11. The zero-order chi connectivity index (χ0) is 12.6. The Morgan fingerprint density at radius 3 is 2.35 bits per heavy atom. The van der Waals surface area contributed by atoms with E-state index in [9.17, 15) is 0 Å². The lowest BCUT2D eigenvalue weighted by atomic mass is 9.80. The number of hydrogen-bond donors (Lipinski definition) is 1. The van der Waals surface area contributed by atoms with Gasteiger partial charge < -0.3 is 5.73 Å². The molecule has 0 saturated heterocycles. The second-order valence-electron chi connectivity index (χ2n) is 5.64. The molecule has 2 nitrogen and oxygen atoms in total. The third-order valence-electron chi connectivity index (χ3n) is 4.08. The van der Waals surface area contributed by atoms with Crippen molar-refractivity contribution in [1.82, 2.24) is 4.90 Å². The van der Waals surface area contributed by atoms with Crippen LogP contribution in [0.15, 0.2) is 12.7 Å². The van der Waals surface area contributed by atoms with Crippen LogP contribution in [0, 0.1) is 5.41 Å². The molecule has 0 unspecified atom stereocenters. The molecule has 1 rings (SSSR count). The van der Waals surface area contributed by atoms with E-state index in [1.54, 1.807) is 0 Å². The summed E-state index contributed by atoms with van der Waals surface area (Å²) < 4.78 is 0. The van der Waals surface area contributed by atoms with Crippen molar-refractivity contribution in [2.45, 2.75) is 51.9 Å². The van der Waals surface area contributed by atoms with Gasteiger partial charge in [0.2, 0.25) is 0 Å². The maximum absolute atomic E-state index is 6.10. The maximum atomic E-state index is 6.10. The Bertz CT molecular complexity index is 205. The van der Waals surface area contributed by atoms with E-state index in [1.807, 2.05) is 6.08 Å². The van der Waals surface area contributed by atoms with E-state index in [0.29, 0.717) is 5.41 Å². The number of nitrogens with zero attached hydrogens (tertiary/aromatic N) is 1. The fraction of sp³-hybridized carbons (Fsp3) is 0.867. The first-order valence-corrected chi connectivity index (χ1v) is 7.29. The van der Waals surface area contributed by atoms with Crippen LogP contribution in [0.3, 0.4) is 0 Å². The summed E-state index contributed by atoms with van der Waals surface area (Å²) in [6.07, 6.45) is 11.4. The number of hydrogen-bond acceptors (Lipinski definition) is 2. The Hall–Kier alpha value is -0.340. The van der Waals surface area contributed by atoms with Crippen LogP contribution < -0.4 is 5.73 Å². The van der Waals surface area contributed by atoms with Crippen LogP contribution in [-0.4, -0.2) is 31.1 Å². The molecule has 2 N–H and O–H groups in total. The summed E-state index contributed by atoms with van der Waals surface area (Å²) in [5, 5.41) is 0. The predicted octanol–water partition coefficient (Wildman–Crippen LogP) is 3.18. The Labute approximate surface area is 107 Å². The van der Waals surface area contributed by atoms with Crippen LogP contribution >= 0.6 is 0 Å². The van der Waals surface area contributed by atoms with Gasteiger partial charge in [-0.05, 0) is 37.8 Å². The normalized spacial score (nSPS) is 20.2. The predicted molar refractivity (Wildman–Crippen MR) is 76.1 cm³/mol. The first kappa shape index (κ1) is 14.7. The first-order valence-electron chi connectivity index (χ1n) is 7.29. The van der Waals surface area contributed by atoms with Gasteiger partial charge in [-0.2, -0.15) is 0 Å². The molecule has 0 aromatic rings. The average molecular weight is 238 g/mol. The van der Waals surface area contributed by atoms with Crippen molar-refractivity contribution in [3.63, 3.8) is 0 Å². The molecule has 1 aliphatic rings. The largest absolute Gasteiger partial charge is 0.330 e. The third-order valence-corrected chi connectivity index (χ3v) is 4.08. The summed E-state index contributed by atoms with van der Waals surface area (Å²) in [6, 6.07) is 0. The van der Waals surface area contributed by atoms with Crippen LogP contribution in [0.1, 0.15) is 51.9 Å². The van der Waals surface area contributed by atoms with E-state index < -0.39 is 0 Å². The molecule has 2 heteroatoms. The van der Waals surface area contributed by atoms with Gasteiger partial charge in [0.25, 0.3) is 0 Å². The molecule has 1 aliphatic carbocycles. The molecule has 0 amide bonds. The van der Waals surface area contributed by atoms with Crippen LogP contribution in [0.4, 0.5) is 0 Å². The van der Waals surface area contributed by atoms with Crippen molar-refractivity contribution in [3.8, 4) is 0 Å². The summed E-state index contributed by atoms with van der Waals surface area (Å²) in [5.41, 5.74) is 6.48. The lowest BCUT2D eigenvalue weighted by Crippen LogP contribution is -2.42. The molecule has 0 atom stereocenters. The number of nitrogens with two attached hydrogens (primary N) is 1. The lowest BCUT2D eigenvalue weighted by molar-refractivity contribution is 0.146. The molecule has 0 heterocycles. The minimum absolute atomic E-state index is 0.384. The van der Waals surface area contributed by atoms with Gasteiger partial charge in [-0.25, -0.2) is 0 Å². The highest BCUT2D eigenvalue weighted by Crippen LogP contribution is 2.34. The van der Waals surface area contributed by atoms with Crippen molar-refractivity contribution in [2.75, 3.05) is 26.2 Å². The van der Waals surface area contributed by atoms with Gasteiger partial charge in [0.15, 0.2) is 0 Å². The van der Waals surface area contributed by atoms with Gasteiger partial charge >= 0.3 is 0 Å². The summed E-state index contributed by atoms with van der Waals surface area (Å²) in [4.78, 5) is 2.53. The number of rotatable bonds is 7. The van der Waals surface area contributed by atoms with Crippen LogP contribution in [0.25, 0.3) is 0 Å². The Balaban J connectivity index is 2.59. The minimum atomic E-state index is 0.384. The molecule has 0 aliphatic heterocycles. The molecule has 0 radical (unpaired) electrons. The van der Waals surface area contributed by atoms with Crippen LogP contribution in [0.2, 0.25) is 0 Å². The first-order chi connectivity index (χ1) is 8.26. The quantitative estimate of drug-likeness (QED) is 0.545. The summed E-state index contributed by atoms with van der Waals surface area (Å²) in [6.45, 7) is 10.3. The van der Waals surface area contributed by atoms with Gasteiger partial charge in [0, 0.05) is 13.1 Å². The third kappa shape index (κ3) is 4.81. The molecule has 0 spiro atoms. The van der Waals surface area contributed by atoms with Gasteiger partial charge in [-0.1, -0.05) is 38.7 Å². The second kappa shape index (κ2) is 7.88. The Kier molecular flexibility index (Phi) is 6.83. The SMILES string of the molecule is C=CCN(CCC)CC1(CN)CCCCCC1. The zero-order valence-corrected chi connectivity index (χ0v) is 11.6. The average Bonchev–Trinajstić information content (AvgIpc) is 2.56. The molecule has 1 saturated carbocycles. The molecule has 0 bridgehead atoms. The molecular formula is C15H30N2. The van der Waals surface area contributed by atoms with Crippen LogP contribution in [-0.2, 0) is 0 Å². The van der Waals surface area contributed by atoms with Crippen molar-refractivity contribution in [2.24, 2.45) is 11.1 Å². The van der Waals surface area contributed by atoms with Crippen molar-refractivity contribution >= 4 is 0 Å². The van der Waals surface area contributed by atoms with E-state index in [4.69, 9.17) is 5.73 Å². The molecule has 0 aromatic heterocycles. The molecule has 0 aromatic carbocycles. The van der Waals surface area contributed by atoms with E-state index in [0.717, 1.165) is 13.1 Å². The summed E-state index contributed by atoms with van der Waals surface area (Å²) in [7, 11) is 0. The molecule has 1 fully saturated rings. The van der Waals surface area contributed by atoms with E-state index >= 15 is 0 Å². The van der Waals surface area contributed by atoms with Gasteiger partial charge in [0.05, 0.1) is 0 Å². The van der Waals surface area contributed by atoms with Gasteiger partial charge in [0.1, 0.15) is 0 Å². The standard InChI is InChI=1S/C15H30N2/c1-3-11-17(12-4-2)14-15(13-16)9-7-5-6-8-10-15/h3H,1,4-14,16H2,2H3. The highest BCUT2D eigenvalue weighted by molar-refractivity contribution is 4.87. The van der Waals surface area contributed by atoms with E-state index in [2.05, 4.69) is 18.4 Å². The van der Waals surface area contributed by atoms with E-state index in [-0.39, 0.29) is 0 Å². The Morgan fingerprint density at radius 1 is 1.24 bits per heavy atom. The van der Waals surface area contributed by atoms with Gasteiger partial charge in [-0.15, -0.1) is 6.58 Å². The van der Waals surface area contributed by atoms with Crippen molar-refractivity contribution in [1.29, 1.82) is 0 Å². The Morgan fingerprint density at radius 2 is 1.88 bits per heavy atom. The molecule has 17 heavy (non-hydrogen) atoms. The van der Waals surface area contributed by atoms with E-state index in [1.165, 1.54) is 58.0 Å². The summed E-state index contributed by atoms with van der Waals surface area (Å²) in [5.74, 6) is 0. The minimum Gasteiger partial charge on any atom is -0.330 e. The second-order valence-corrected chi connectivity index (χ2v) is 5.64. The zero-order valence-electron chi connectivity index (χ0n) is 11.6. The lowest BCUT2D eigenvalue weighted by Gasteiger charge is -2.36. The highest BCUT2D eigenvalue weighted by atomic mass is 15.1. The van der Waals surface area contributed by atoms with Crippen LogP contribution in [0.5, 0.6) is 0 Å². The van der Waals surface area contributed by atoms with Crippen molar-refractivity contribution in [3.05, 3.63) is 12.7 Å². The maximum Gasteiger partial charge on any atom is 0.0160 e. The monoisotopic (exact) mass is 238 g/mol. The van der Waals surface area contributed by atoms with Gasteiger partial charge in [-0.3, -0.25) is 4.90 Å². The molecule has 100 valence electrons. The topological polar surface area (TPSA) is 29.3 Å². The smallest absolute Gasteiger partial charge is 0.0160 e. The summed E-state index contributed by atoms with van der Waals surface area (Å²) >= 11 is 0. The van der Waals surface area contributed by atoms with Crippen molar-refractivity contribution < 1.29 is 0 Å². The fourth-order valence-electron chi connectivity index (χ4n) is 3.11.